The molecule has 10 heteroatoms. The maximum Gasteiger partial charge on any atom is 0.264 e. The highest BCUT2D eigenvalue weighted by Crippen LogP contribution is 2.31. The van der Waals surface area contributed by atoms with E-state index in [1.165, 1.54) is 23.5 Å². The quantitative estimate of drug-likeness (QED) is 0.367. The summed E-state index contributed by atoms with van der Waals surface area (Å²) in [6.07, 6.45) is 0. The van der Waals surface area contributed by atoms with Gasteiger partial charge in [-0.05, 0) is 77.8 Å². The summed E-state index contributed by atoms with van der Waals surface area (Å²) in [5, 5.41) is 0.670. The molecule has 0 bridgehead atoms. The van der Waals surface area contributed by atoms with Crippen LogP contribution in [0.25, 0.3) is 0 Å². The smallest absolute Gasteiger partial charge is 0.264 e. The maximum atomic E-state index is 13.8. The van der Waals surface area contributed by atoms with E-state index in [2.05, 4.69) is 20.8 Å². The number of anilines is 2. The predicted molar refractivity (Wildman–Crippen MR) is 151 cm³/mol. The van der Waals surface area contributed by atoms with E-state index in [0.29, 0.717) is 47.1 Å². The van der Waals surface area contributed by atoms with Crippen molar-refractivity contribution in [2.75, 3.05) is 49.0 Å². The number of nitrogens with zero attached hydrogens (tertiary/aromatic N) is 3. The summed E-state index contributed by atoms with van der Waals surface area (Å²) < 4.78 is 34.5. The molecule has 4 rings (SSSR count). The van der Waals surface area contributed by atoms with Crippen LogP contribution < -0.4 is 13.9 Å². The normalized spacial score (nSPS) is 14.0. The molecular formula is C27H29BrClN3O4S. The molecule has 1 amide bonds. The second-order valence-electron chi connectivity index (χ2n) is 8.94. The molecule has 1 fully saturated rings. The average molecular weight is 607 g/mol. The lowest BCUT2D eigenvalue weighted by Crippen LogP contribution is -2.52. The number of halogens is 2. The fourth-order valence-electron chi connectivity index (χ4n) is 4.30. The van der Waals surface area contributed by atoms with Crippen LogP contribution in [-0.2, 0) is 14.8 Å². The van der Waals surface area contributed by atoms with Gasteiger partial charge in [0.15, 0.2) is 0 Å². The summed E-state index contributed by atoms with van der Waals surface area (Å²) >= 11 is 9.56. The summed E-state index contributed by atoms with van der Waals surface area (Å²) in [6, 6.07) is 17.4. The molecule has 1 aliphatic heterocycles. The Morgan fingerprint density at radius 2 is 1.68 bits per heavy atom. The zero-order valence-electron chi connectivity index (χ0n) is 20.9. The standard InChI is InChI=1S/C27H29BrClN3O4S/c1-19-4-8-22(9-5-19)32(37(34,35)23-10-11-26(36-3)24(28)17-23)18-27(33)31-14-12-30(13-15-31)25-16-21(29)7-6-20(25)2/h4-11,16-17H,12-15,18H2,1-3H3. The number of carbonyl (C=O) groups is 1. The number of piperazine rings is 1. The molecular weight excluding hydrogens is 578 g/mol. The second kappa shape index (κ2) is 11.3. The molecule has 1 heterocycles. The number of aryl methyl sites for hydroxylation is 2. The summed E-state index contributed by atoms with van der Waals surface area (Å²) in [5.74, 6) is 0.268. The van der Waals surface area contributed by atoms with Crippen molar-refractivity contribution in [2.45, 2.75) is 18.7 Å². The summed E-state index contributed by atoms with van der Waals surface area (Å²) in [5.41, 5.74) is 3.59. The minimum absolute atomic E-state index is 0.0646. The molecule has 1 saturated heterocycles. The molecule has 0 aromatic heterocycles. The van der Waals surface area contributed by atoms with Crippen molar-refractivity contribution >= 4 is 54.8 Å². The second-order valence-corrected chi connectivity index (χ2v) is 12.1. The summed E-state index contributed by atoms with van der Waals surface area (Å²) in [7, 11) is -2.52. The Hall–Kier alpha value is -2.75. The van der Waals surface area contributed by atoms with Crippen molar-refractivity contribution in [1.82, 2.24) is 4.90 Å². The van der Waals surface area contributed by atoms with E-state index >= 15 is 0 Å². The van der Waals surface area contributed by atoms with Crippen molar-refractivity contribution in [2.24, 2.45) is 0 Å². The van der Waals surface area contributed by atoms with E-state index in [1.807, 2.05) is 44.2 Å². The first-order valence-electron chi connectivity index (χ1n) is 11.8. The zero-order valence-corrected chi connectivity index (χ0v) is 24.1. The number of sulfonamides is 1. The lowest BCUT2D eigenvalue weighted by Gasteiger charge is -2.37. The molecule has 0 spiro atoms. The zero-order chi connectivity index (χ0) is 26.7. The molecule has 3 aromatic rings. The van der Waals surface area contributed by atoms with Crippen LogP contribution in [0.2, 0.25) is 5.02 Å². The minimum atomic E-state index is -4.04. The molecule has 7 nitrogen and oxygen atoms in total. The van der Waals surface area contributed by atoms with Gasteiger partial charge < -0.3 is 14.5 Å². The number of hydrogen-bond acceptors (Lipinski definition) is 5. The van der Waals surface area contributed by atoms with Gasteiger partial charge in [0, 0.05) is 36.9 Å². The molecule has 0 N–H and O–H groups in total. The Kier molecular flexibility index (Phi) is 8.36. The van der Waals surface area contributed by atoms with Crippen molar-refractivity contribution in [1.29, 1.82) is 0 Å². The van der Waals surface area contributed by atoms with Crippen LogP contribution in [0.5, 0.6) is 5.75 Å². The number of benzene rings is 3. The SMILES string of the molecule is COc1ccc(S(=O)(=O)N(CC(=O)N2CCN(c3cc(Cl)ccc3C)CC2)c2ccc(C)cc2)cc1Br. The van der Waals surface area contributed by atoms with Gasteiger partial charge in [0.1, 0.15) is 12.3 Å². The monoisotopic (exact) mass is 605 g/mol. The van der Waals surface area contributed by atoms with Gasteiger partial charge in [-0.3, -0.25) is 9.10 Å². The Morgan fingerprint density at radius 1 is 1.00 bits per heavy atom. The number of methoxy groups -OCH3 is 1. The van der Waals surface area contributed by atoms with Crippen LogP contribution in [0.15, 0.2) is 70.0 Å². The number of carbonyl (C=O) groups excluding carboxylic acids is 1. The molecule has 3 aromatic carbocycles. The largest absolute Gasteiger partial charge is 0.496 e. The van der Waals surface area contributed by atoms with Crippen molar-refractivity contribution < 1.29 is 17.9 Å². The van der Waals surface area contributed by atoms with Gasteiger partial charge in [0.25, 0.3) is 10.0 Å². The van der Waals surface area contributed by atoms with E-state index < -0.39 is 10.0 Å². The third kappa shape index (κ3) is 6.05. The molecule has 0 saturated carbocycles. The molecule has 0 unspecified atom stereocenters. The van der Waals surface area contributed by atoms with Crippen LogP contribution >= 0.6 is 27.5 Å². The molecule has 0 atom stereocenters. The summed E-state index contributed by atoms with van der Waals surface area (Å²) in [4.78, 5) is 17.4. The molecule has 37 heavy (non-hydrogen) atoms. The lowest BCUT2D eigenvalue weighted by atomic mass is 10.1. The van der Waals surface area contributed by atoms with Crippen LogP contribution in [-0.4, -0.2) is 59.1 Å². The van der Waals surface area contributed by atoms with Gasteiger partial charge in [-0.2, -0.15) is 0 Å². The van der Waals surface area contributed by atoms with Crippen molar-refractivity contribution in [3.05, 3.63) is 81.3 Å². The van der Waals surface area contributed by atoms with Gasteiger partial charge in [0.2, 0.25) is 5.91 Å². The Balaban J connectivity index is 1.56. The third-order valence-electron chi connectivity index (χ3n) is 6.46. The highest BCUT2D eigenvalue weighted by Gasteiger charge is 2.31. The lowest BCUT2D eigenvalue weighted by molar-refractivity contribution is -0.129. The third-order valence-corrected chi connectivity index (χ3v) is 9.08. The van der Waals surface area contributed by atoms with Crippen LogP contribution in [0.1, 0.15) is 11.1 Å². The topological polar surface area (TPSA) is 70.2 Å². The first kappa shape index (κ1) is 27.3. The molecule has 0 radical (unpaired) electrons. The first-order chi connectivity index (χ1) is 17.6. The number of rotatable bonds is 7. The molecule has 1 aliphatic rings. The average Bonchev–Trinajstić information content (AvgIpc) is 2.89. The minimum Gasteiger partial charge on any atom is -0.496 e. The van der Waals surface area contributed by atoms with Crippen LogP contribution in [0.3, 0.4) is 0 Å². The number of amides is 1. The van der Waals surface area contributed by atoms with Gasteiger partial charge >= 0.3 is 0 Å². The maximum absolute atomic E-state index is 13.8. The van der Waals surface area contributed by atoms with Crippen LogP contribution in [0.4, 0.5) is 11.4 Å². The van der Waals surface area contributed by atoms with Gasteiger partial charge in [0.05, 0.1) is 22.2 Å². The highest BCUT2D eigenvalue weighted by atomic mass is 79.9. The fourth-order valence-corrected chi connectivity index (χ4v) is 6.60. The molecule has 196 valence electrons. The summed E-state index contributed by atoms with van der Waals surface area (Å²) in [6.45, 7) is 5.90. The van der Waals surface area contributed by atoms with E-state index in [9.17, 15) is 13.2 Å². The van der Waals surface area contributed by atoms with Gasteiger partial charge in [-0.25, -0.2) is 8.42 Å². The van der Waals surface area contributed by atoms with Gasteiger partial charge in [-0.1, -0.05) is 35.4 Å². The number of ether oxygens (including phenoxy) is 1. The van der Waals surface area contributed by atoms with E-state index in [0.717, 1.165) is 16.8 Å². The Labute approximate surface area is 231 Å². The van der Waals surface area contributed by atoms with Gasteiger partial charge in [-0.15, -0.1) is 0 Å². The van der Waals surface area contributed by atoms with E-state index in [-0.39, 0.29) is 17.3 Å². The van der Waals surface area contributed by atoms with Crippen LogP contribution in [0, 0.1) is 13.8 Å². The van der Waals surface area contributed by atoms with Crippen molar-refractivity contribution in [3.8, 4) is 5.75 Å². The highest BCUT2D eigenvalue weighted by molar-refractivity contribution is 9.10. The van der Waals surface area contributed by atoms with E-state index in [1.54, 1.807) is 23.1 Å². The Morgan fingerprint density at radius 3 is 2.30 bits per heavy atom. The predicted octanol–water partition coefficient (Wildman–Crippen LogP) is 5.27. The van der Waals surface area contributed by atoms with E-state index in [4.69, 9.17) is 16.3 Å². The first-order valence-corrected chi connectivity index (χ1v) is 14.4. The number of hydrogen-bond donors (Lipinski definition) is 0. The molecule has 0 aliphatic carbocycles. The fraction of sp³-hybridized carbons (Fsp3) is 0.296. The van der Waals surface area contributed by atoms with Crippen molar-refractivity contribution in [3.63, 3.8) is 0 Å². The Bertz CT molecular complexity index is 1390.